The summed E-state index contributed by atoms with van der Waals surface area (Å²) in [6.07, 6.45) is 4.07. The lowest BCUT2D eigenvalue weighted by molar-refractivity contribution is 0.286. The van der Waals surface area contributed by atoms with Crippen LogP contribution in [0.15, 0.2) is 30.6 Å². The van der Waals surface area contributed by atoms with Crippen LogP contribution in [0.3, 0.4) is 0 Å². The van der Waals surface area contributed by atoms with E-state index in [0.29, 0.717) is 12.0 Å². The molecule has 0 aliphatic heterocycles. The lowest BCUT2D eigenvalue weighted by Gasteiger charge is -2.36. The van der Waals surface area contributed by atoms with Crippen LogP contribution in [0.1, 0.15) is 30.1 Å². The second-order valence-electron chi connectivity index (χ2n) is 5.36. The maximum atomic E-state index is 5.27. The number of benzene rings is 1. The van der Waals surface area contributed by atoms with Crippen molar-refractivity contribution < 1.29 is 4.74 Å². The van der Waals surface area contributed by atoms with Crippen LogP contribution in [0.25, 0.3) is 0 Å². The van der Waals surface area contributed by atoms with E-state index in [2.05, 4.69) is 33.6 Å². The highest BCUT2D eigenvalue weighted by Gasteiger charge is 2.30. The van der Waals surface area contributed by atoms with Crippen LogP contribution in [0.2, 0.25) is 0 Å². The van der Waals surface area contributed by atoms with Crippen molar-refractivity contribution in [3.05, 3.63) is 42.0 Å². The summed E-state index contributed by atoms with van der Waals surface area (Å²) in [5.74, 6) is 2.44. The summed E-state index contributed by atoms with van der Waals surface area (Å²) in [6.45, 7) is 0.746. The maximum Gasteiger partial charge on any atom is 0.164 e. The van der Waals surface area contributed by atoms with Gasteiger partial charge in [0.2, 0.25) is 0 Å². The lowest BCUT2D eigenvalue weighted by atomic mass is 9.76. The number of methoxy groups -OCH3 is 1. The summed E-state index contributed by atoms with van der Waals surface area (Å²) < 4.78 is 7.01. The van der Waals surface area contributed by atoms with Crippen LogP contribution >= 0.6 is 0 Å². The van der Waals surface area contributed by atoms with Crippen molar-refractivity contribution in [2.24, 2.45) is 7.05 Å². The van der Waals surface area contributed by atoms with Gasteiger partial charge in [-0.3, -0.25) is 4.68 Å². The quantitative estimate of drug-likeness (QED) is 0.902. The molecule has 0 radical (unpaired) electrons. The highest BCUT2D eigenvalue weighted by Crippen LogP contribution is 2.37. The molecule has 1 aromatic carbocycles. The third-order valence-corrected chi connectivity index (χ3v) is 3.90. The van der Waals surface area contributed by atoms with Gasteiger partial charge in [-0.15, -0.1) is 0 Å². The topological polar surface area (TPSA) is 52.0 Å². The van der Waals surface area contributed by atoms with E-state index in [0.717, 1.165) is 18.1 Å². The normalized spacial score (nSPS) is 21.5. The molecular formula is C15H20N4O. The fourth-order valence-electron chi connectivity index (χ4n) is 2.65. The van der Waals surface area contributed by atoms with E-state index in [1.807, 2.05) is 13.1 Å². The summed E-state index contributed by atoms with van der Waals surface area (Å²) in [6, 6.07) is 8.94. The van der Waals surface area contributed by atoms with Crippen molar-refractivity contribution >= 4 is 0 Å². The smallest absolute Gasteiger partial charge is 0.164 e. The highest BCUT2D eigenvalue weighted by atomic mass is 16.5. The van der Waals surface area contributed by atoms with Crippen molar-refractivity contribution in [3.63, 3.8) is 0 Å². The molecule has 0 unspecified atom stereocenters. The lowest BCUT2D eigenvalue weighted by Crippen LogP contribution is -2.39. The van der Waals surface area contributed by atoms with Crippen LogP contribution in [0.4, 0.5) is 0 Å². The summed E-state index contributed by atoms with van der Waals surface area (Å²) >= 11 is 0. The average Bonchev–Trinajstić information content (AvgIpc) is 2.83. The molecule has 1 saturated carbocycles. The van der Waals surface area contributed by atoms with Gasteiger partial charge in [0.25, 0.3) is 0 Å². The van der Waals surface area contributed by atoms with E-state index in [4.69, 9.17) is 4.74 Å². The van der Waals surface area contributed by atoms with Gasteiger partial charge in [-0.25, -0.2) is 4.98 Å². The van der Waals surface area contributed by atoms with Gasteiger partial charge in [-0.1, -0.05) is 12.1 Å². The second kappa shape index (κ2) is 5.63. The maximum absolute atomic E-state index is 5.27. The van der Waals surface area contributed by atoms with Crippen LogP contribution < -0.4 is 10.1 Å². The summed E-state index contributed by atoms with van der Waals surface area (Å²) in [5.41, 5.74) is 1.37. The Morgan fingerprint density at radius 1 is 1.40 bits per heavy atom. The van der Waals surface area contributed by atoms with E-state index in [-0.39, 0.29) is 0 Å². The zero-order chi connectivity index (χ0) is 13.9. The van der Waals surface area contributed by atoms with Crippen LogP contribution in [-0.4, -0.2) is 27.9 Å². The third-order valence-electron chi connectivity index (χ3n) is 3.90. The second-order valence-corrected chi connectivity index (χ2v) is 5.36. The molecule has 2 aromatic rings. The SMILES string of the molecule is COc1cccc(C2CC(NCc3ncn(C)n3)C2)c1. The molecule has 1 N–H and O–H groups in total. The Balaban J connectivity index is 1.48. The fraction of sp³-hybridized carbons (Fsp3) is 0.467. The number of hydrogen-bond donors (Lipinski definition) is 1. The first-order valence-electron chi connectivity index (χ1n) is 6.96. The Hall–Kier alpha value is -1.88. The zero-order valence-electron chi connectivity index (χ0n) is 11.9. The van der Waals surface area contributed by atoms with Gasteiger partial charge in [-0.2, -0.15) is 5.10 Å². The van der Waals surface area contributed by atoms with E-state index >= 15 is 0 Å². The van der Waals surface area contributed by atoms with Gasteiger partial charge in [0.15, 0.2) is 5.82 Å². The molecule has 1 aromatic heterocycles. The Kier molecular flexibility index (Phi) is 3.69. The largest absolute Gasteiger partial charge is 0.497 e. The van der Waals surface area contributed by atoms with Gasteiger partial charge in [0.05, 0.1) is 13.7 Å². The molecule has 5 heteroatoms. The third kappa shape index (κ3) is 2.82. The minimum absolute atomic E-state index is 0.565. The van der Waals surface area contributed by atoms with E-state index in [1.54, 1.807) is 18.1 Å². The molecule has 3 rings (SSSR count). The monoisotopic (exact) mass is 272 g/mol. The number of aromatic nitrogens is 3. The molecule has 0 saturated heterocycles. The molecule has 1 fully saturated rings. The van der Waals surface area contributed by atoms with Crippen molar-refractivity contribution in [2.75, 3.05) is 7.11 Å². The predicted octanol–water partition coefficient (Wildman–Crippen LogP) is 1.86. The Bertz CT molecular complexity index is 575. The van der Waals surface area contributed by atoms with Crippen molar-refractivity contribution in [3.8, 4) is 5.75 Å². The molecule has 0 atom stereocenters. The first kappa shape index (κ1) is 13.1. The Morgan fingerprint density at radius 3 is 2.95 bits per heavy atom. The number of aryl methyl sites for hydroxylation is 1. The molecule has 0 amide bonds. The van der Waals surface area contributed by atoms with Crippen LogP contribution in [0, 0.1) is 0 Å². The van der Waals surface area contributed by atoms with Gasteiger partial charge < -0.3 is 10.1 Å². The Morgan fingerprint density at radius 2 is 2.25 bits per heavy atom. The molecule has 1 aliphatic rings. The van der Waals surface area contributed by atoms with E-state index in [9.17, 15) is 0 Å². The molecule has 106 valence electrons. The van der Waals surface area contributed by atoms with Crippen LogP contribution in [0.5, 0.6) is 5.75 Å². The van der Waals surface area contributed by atoms with Crippen molar-refractivity contribution in [1.82, 2.24) is 20.1 Å². The van der Waals surface area contributed by atoms with Crippen molar-refractivity contribution in [1.29, 1.82) is 0 Å². The van der Waals surface area contributed by atoms with Crippen LogP contribution in [-0.2, 0) is 13.6 Å². The number of hydrogen-bond acceptors (Lipinski definition) is 4. The molecule has 5 nitrogen and oxygen atoms in total. The molecule has 1 heterocycles. The van der Waals surface area contributed by atoms with E-state index < -0.39 is 0 Å². The molecular weight excluding hydrogens is 252 g/mol. The van der Waals surface area contributed by atoms with Gasteiger partial charge >= 0.3 is 0 Å². The molecule has 0 spiro atoms. The summed E-state index contributed by atoms with van der Waals surface area (Å²) in [7, 11) is 3.60. The minimum Gasteiger partial charge on any atom is -0.497 e. The standard InChI is InChI=1S/C15H20N4O/c1-19-10-17-15(18-19)9-16-13-6-12(7-13)11-4-3-5-14(8-11)20-2/h3-5,8,10,12-13,16H,6-7,9H2,1-2H3. The molecule has 0 bridgehead atoms. The Labute approximate surface area is 119 Å². The number of nitrogens with one attached hydrogen (secondary N) is 1. The summed E-state index contributed by atoms with van der Waals surface area (Å²) in [5, 5.41) is 7.77. The summed E-state index contributed by atoms with van der Waals surface area (Å²) in [4.78, 5) is 4.22. The van der Waals surface area contributed by atoms with Gasteiger partial charge in [0.1, 0.15) is 12.1 Å². The molecule has 1 aliphatic carbocycles. The highest BCUT2D eigenvalue weighted by molar-refractivity contribution is 5.32. The van der Waals surface area contributed by atoms with Crippen molar-refractivity contribution in [2.45, 2.75) is 31.3 Å². The number of ether oxygens (including phenoxy) is 1. The molecule has 20 heavy (non-hydrogen) atoms. The fourth-order valence-corrected chi connectivity index (χ4v) is 2.65. The number of rotatable bonds is 5. The predicted molar refractivity (Wildman–Crippen MR) is 76.6 cm³/mol. The zero-order valence-corrected chi connectivity index (χ0v) is 11.9. The van der Waals surface area contributed by atoms with Gasteiger partial charge in [0, 0.05) is 13.1 Å². The van der Waals surface area contributed by atoms with E-state index in [1.165, 1.54) is 18.4 Å². The minimum atomic E-state index is 0.565. The average molecular weight is 272 g/mol. The number of nitrogens with zero attached hydrogens (tertiary/aromatic N) is 3. The first-order chi connectivity index (χ1) is 9.74. The first-order valence-corrected chi connectivity index (χ1v) is 6.96. The van der Waals surface area contributed by atoms with Gasteiger partial charge in [-0.05, 0) is 36.5 Å².